The van der Waals surface area contributed by atoms with Gasteiger partial charge in [0.05, 0.1) is 18.7 Å². The summed E-state index contributed by atoms with van der Waals surface area (Å²) in [6, 6.07) is 0.0282. The largest absolute Gasteiger partial charge is 0.509 e. The summed E-state index contributed by atoms with van der Waals surface area (Å²) in [5.41, 5.74) is 7.80. The van der Waals surface area contributed by atoms with Crippen molar-refractivity contribution in [1.82, 2.24) is 10.2 Å². The van der Waals surface area contributed by atoms with Crippen molar-refractivity contribution in [3.8, 4) is 11.5 Å². The number of amides is 1. The summed E-state index contributed by atoms with van der Waals surface area (Å²) in [5.74, 6) is -7.95. The van der Waals surface area contributed by atoms with E-state index in [2.05, 4.69) is 10.2 Å². The Bertz CT molecular complexity index is 1420. The predicted molar refractivity (Wildman–Crippen MR) is 141 cm³/mol. The number of fused-ring (bicyclic) bond motifs is 3. The number of hydrogen-bond acceptors (Lipinski definition) is 10. The minimum absolute atomic E-state index is 0.0255. The second-order valence-corrected chi connectivity index (χ2v) is 10.7. The lowest BCUT2D eigenvalue weighted by molar-refractivity contribution is -0.145. The molecule has 5 atom stereocenters. The Labute approximate surface area is 229 Å². The first kappa shape index (κ1) is 27.5. The van der Waals surface area contributed by atoms with Gasteiger partial charge in [-0.15, -0.1) is 0 Å². The van der Waals surface area contributed by atoms with Crippen LogP contribution in [0.25, 0.3) is 0 Å². The van der Waals surface area contributed by atoms with E-state index in [0.29, 0.717) is 11.3 Å². The fourth-order valence-corrected chi connectivity index (χ4v) is 7.13. The van der Waals surface area contributed by atoms with Crippen molar-refractivity contribution in [3.05, 3.63) is 45.4 Å². The SMILES string of the molecule is CCN1CCC[C@H]1c1cc(O)c2c(c1OC)C[C@H]1C[C@H]3[C@H](NC(=N)N)C(O)=C(C(N)=O)C(=O)[C@@]3(O)C(O)=C1C2=O. The molecule has 40 heavy (non-hydrogen) atoms. The number of carbonyl (C=O) groups excluding carboxylic acids is 3. The van der Waals surface area contributed by atoms with Crippen molar-refractivity contribution < 1.29 is 39.5 Å². The zero-order valence-electron chi connectivity index (χ0n) is 22.2. The smallest absolute Gasteiger partial charge is 0.255 e. The van der Waals surface area contributed by atoms with Crippen LogP contribution < -0.4 is 21.5 Å². The number of rotatable bonds is 5. The van der Waals surface area contributed by atoms with Gasteiger partial charge in [-0.25, -0.2) is 0 Å². The lowest BCUT2D eigenvalue weighted by Crippen LogP contribution is -2.65. The summed E-state index contributed by atoms with van der Waals surface area (Å²) in [7, 11) is 1.48. The molecule has 1 fully saturated rings. The van der Waals surface area contributed by atoms with Crippen LogP contribution in [0.2, 0.25) is 0 Å². The van der Waals surface area contributed by atoms with Crippen molar-refractivity contribution in [2.24, 2.45) is 23.3 Å². The zero-order chi connectivity index (χ0) is 29.3. The van der Waals surface area contributed by atoms with Gasteiger partial charge >= 0.3 is 0 Å². The predicted octanol–water partition coefficient (Wildman–Crippen LogP) is 0.207. The fourth-order valence-electron chi connectivity index (χ4n) is 7.13. The van der Waals surface area contributed by atoms with Crippen LogP contribution in [0.1, 0.15) is 53.7 Å². The summed E-state index contributed by atoms with van der Waals surface area (Å²) < 4.78 is 5.81. The number of aliphatic hydroxyl groups excluding tert-OH is 2. The molecular weight excluding hydrogens is 522 g/mol. The van der Waals surface area contributed by atoms with Gasteiger partial charge in [-0.05, 0) is 50.8 Å². The fraction of sp³-hybridized carbons (Fsp3) is 0.481. The molecule has 214 valence electrons. The molecule has 0 unspecified atom stereocenters. The number of allylic oxidation sites excluding steroid dienone is 1. The molecular formula is C27H33N5O8. The Morgan fingerprint density at radius 1 is 1.27 bits per heavy atom. The van der Waals surface area contributed by atoms with Crippen molar-refractivity contribution in [1.29, 1.82) is 5.41 Å². The second-order valence-electron chi connectivity index (χ2n) is 10.7. The number of Topliss-reactive ketones (excluding diaryl/α,β-unsaturated/α-hetero) is 2. The van der Waals surface area contributed by atoms with Gasteiger partial charge in [0.2, 0.25) is 5.78 Å². The Morgan fingerprint density at radius 2 is 1.98 bits per heavy atom. The summed E-state index contributed by atoms with van der Waals surface area (Å²) >= 11 is 0. The van der Waals surface area contributed by atoms with Crippen LogP contribution in [0.5, 0.6) is 11.5 Å². The lowest BCUT2D eigenvalue weighted by atomic mass is 9.58. The average Bonchev–Trinajstić information content (AvgIpc) is 3.36. The lowest BCUT2D eigenvalue weighted by Gasteiger charge is -2.48. The number of nitrogens with one attached hydrogen (secondary N) is 2. The minimum atomic E-state index is -2.83. The molecule has 5 rings (SSSR count). The monoisotopic (exact) mass is 555 g/mol. The van der Waals surface area contributed by atoms with Crippen molar-refractivity contribution in [3.63, 3.8) is 0 Å². The Kier molecular flexibility index (Phi) is 6.54. The van der Waals surface area contributed by atoms with E-state index in [4.69, 9.17) is 21.6 Å². The Hall–Kier alpha value is -4.10. The maximum absolute atomic E-state index is 13.9. The summed E-state index contributed by atoms with van der Waals surface area (Å²) in [5, 5.41) is 55.0. The molecule has 0 spiro atoms. The molecule has 1 saturated heterocycles. The molecule has 10 N–H and O–H groups in total. The van der Waals surface area contributed by atoms with Crippen LogP contribution in [0.15, 0.2) is 28.7 Å². The van der Waals surface area contributed by atoms with E-state index >= 15 is 0 Å². The quantitative estimate of drug-likeness (QED) is 0.139. The number of nitrogens with two attached hydrogens (primary N) is 2. The highest BCUT2D eigenvalue weighted by molar-refractivity contribution is 6.25. The van der Waals surface area contributed by atoms with Crippen molar-refractivity contribution >= 4 is 23.4 Å². The molecule has 13 nitrogen and oxygen atoms in total. The molecule has 0 radical (unpaired) electrons. The molecule has 3 aliphatic carbocycles. The molecule has 1 aromatic rings. The number of ether oxygens (including phenoxy) is 1. The molecule has 0 bridgehead atoms. The van der Waals surface area contributed by atoms with Crippen LogP contribution in [-0.4, -0.2) is 80.6 Å². The van der Waals surface area contributed by atoms with Gasteiger partial charge in [-0.1, -0.05) is 6.92 Å². The summed E-state index contributed by atoms with van der Waals surface area (Å²) in [6.07, 6.45) is 1.78. The number of benzene rings is 1. The number of nitrogens with zero attached hydrogens (tertiary/aromatic N) is 1. The molecule has 0 aromatic heterocycles. The number of likely N-dealkylation sites (tertiary alicyclic amines) is 1. The van der Waals surface area contributed by atoms with Gasteiger partial charge in [-0.2, -0.15) is 0 Å². The second kappa shape index (κ2) is 9.52. The number of hydrogen-bond donors (Lipinski definition) is 8. The molecule has 1 heterocycles. The van der Waals surface area contributed by atoms with E-state index in [-0.39, 0.29) is 35.8 Å². The van der Waals surface area contributed by atoms with Crippen molar-refractivity contribution in [2.75, 3.05) is 20.2 Å². The third-order valence-electron chi connectivity index (χ3n) is 8.82. The van der Waals surface area contributed by atoms with Crippen LogP contribution in [-0.2, 0) is 16.0 Å². The number of aromatic hydroxyl groups is 1. The van der Waals surface area contributed by atoms with Gasteiger partial charge < -0.3 is 41.9 Å². The van der Waals surface area contributed by atoms with E-state index in [0.717, 1.165) is 31.5 Å². The average molecular weight is 556 g/mol. The van der Waals surface area contributed by atoms with E-state index < -0.39 is 64.0 Å². The van der Waals surface area contributed by atoms with Gasteiger partial charge in [0, 0.05) is 28.7 Å². The topological polar surface area (TPSA) is 233 Å². The van der Waals surface area contributed by atoms with Crippen LogP contribution in [0.4, 0.5) is 0 Å². The number of primary amides is 1. The maximum atomic E-state index is 13.9. The summed E-state index contributed by atoms with van der Waals surface area (Å²) in [6.45, 7) is 3.71. The standard InChI is InChI=1S/C27H33N5O8/c1-3-32-6-4-5-14(32)11-9-15(33)17-12(22(11)40-2)7-10-8-13-19(31-26(29)30)21(35)18(25(28)38)24(37)27(13,39)23(36)16(10)20(17)34/h9-10,13-14,19,33,35-36,39H,3-8H2,1-2H3,(H2,28,38)(H4,29,30,31)/t10-,13-,14-,19-,27-/m0/s1. The Balaban J connectivity index is 1.69. The van der Waals surface area contributed by atoms with Gasteiger partial charge in [-0.3, -0.25) is 24.7 Å². The van der Waals surface area contributed by atoms with Gasteiger partial charge in [0.15, 0.2) is 17.3 Å². The van der Waals surface area contributed by atoms with Crippen molar-refractivity contribution in [2.45, 2.75) is 50.3 Å². The maximum Gasteiger partial charge on any atom is 0.255 e. The third kappa shape index (κ3) is 3.68. The van der Waals surface area contributed by atoms with E-state index in [1.54, 1.807) is 0 Å². The van der Waals surface area contributed by atoms with Gasteiger partial charge in [0.1, 0.15) is 28.6 Å². The first-order valence-electron chi connectivity index (χ1n) is 13.1. The number of ketones is 2. The molecule has 1 aromatic carbocycles. The number of phenolic OH excluding ortho intramolecular Hbond substituents is 1. The van der Waals surface area contributed by atoms with E-state index in [1.165, 1.54) is 13.2 Å². The first-order chi connectivity index (χ1) is 18.9. The molecule has 4 aliphatic rings. The minimum Gasteiger partial charge on any atom is -0.509 e. The highest BCUT2D eigenvalue weighted by atomic mass is 16.5. The molecule has 13 heteroatoms. The molecule has 1 amide bonds. The molecule has 0 saturated carbocycles. The number of methoxy groups -OCH3 is 1. The third-order valence-corrected chi connectivity index (χ3v) is 8.82. The Morgan fingerprint density at radius 3 is 2.58 bits per heavy atom. The normalized spacial score (nSPS) is 30.1. The highest BCUT2D eigenvalue weighted by Gasteiger charge is 2.63. The zero-order valence-corrected chi connectivity index (χ0v) is 22.2. The molecule has 1 aliphatic heterocycles. The van der Waals surface area contributed by atoms with Gasteiger partial charge in [0.25, 0.3) is 5.91 Å². The van der Waals surface area contributed by atoms with Crippen LogP contribution in [0, 0.1) is 17.2 Å². The number of guanidine groups is 1. The van der Waals surface area contributed by atoms with E-state index in [1.807, 2.05) is 6.92 Å². The van der Waals surface area contributed by atoms with Crippen LogP contribution >= 0.6 is 0 Å². The number of carbonyl (C=O) groups is 3. The number of phenols is 1. The summed E-state index contributed by atoms with van der Waals surface area (Å²) in [4.78, 5) is 41.6. The highest BCUT2D eigenvalue weighted by Crippen LogP contribution is 2.54. The first-order valence-corrected chi connectivity index (χ1v) is 13.1. The number of aliphatic hydroxyl groups is 3. The van der Waals surface area contributed by atoms with E-state index in [9.17, 15) is 34.8 Å². The van der Waals surface area contributed by atoms with Crippen LogP contribution in [0.3, 0.4) is 0 Å².